The molecule has 0 aliphatic carbocycles. The zero-order valence-corrected chi connectivity index (χ0v) is 44.9. The zero-order valence-electron chi connectivity index (χ0n) is 44.9. The van der Waals surface area contributed by atoms with Crippen LogP contribution in [0.15, 0.2) is 36.5 Å². The molecule has 0 aromatic rings. The first-order chi connectivity index (χ1) is 33.0. The van der Waals surface area contributed by atoms with Crippen molar-refractivity contribution in [1.82, 2.24) is 0 Å². The number of allylic oxidation sites excluding steroid dienone is 6. The summed E-state index contributed by atoms with van der Waals surface area (Å²) >= 11 is 0. The molecule has 0 aromatic heterocycles. The Morgan fingerprint density at radius 3 is 0.866 bits per heavy atom. The molecule has 0 rings (SSSR count). The summed E-state index contributed by atoms with van der Waals surface area (Å²) in [5.41, 5.74) is 0. The van der Waals surface area contributed by atoms with Gasteiger partial charge in [0.15, 0.2) is 6.10 Å². The van der Waals surface area contributed by atoms with Gasteiger partial charge in [-0.05, 0) is 57.8 Å². The van der Waals surface area contributed by atoms with Crippen molar-refractivity contribution in [1.29, 1.82) is 0 Å². The predicted octanol–water partition coefficient (Wildman–Crippen LogP) is 19.7. The molecule has 0 saturated heterocycles. The molecule has 392 valence electrons. The Hall–Kier alpha value is -2.37. The topological polar surface area (TPSA) is 78.9 Å². The van der Waals surface area contributed by atoms with Gasteiger partial charge in [-0.1, -0.05) is 276 Å². The molecular formula is C61H112O6. The zero-order chi connectivity index (χ0) is 48.6. The van der Waals surface area contributed by atoms with Gasteiger partial charge in [-0.25, -0.2) is 0 Å². The largest absolute Gasteiger partial charge is 0.462 e. The third kappa shape index (κ3) is 54.4. The number of ether oxygens (including phenoxy) is 3. The molecule has 6 nitrogen and oxygen atoms in total. The maximum Gasteiger partial charge on any atom is 0.306 e. The normalized spacial score (nSPS) is 12.2. The van der Waals surface area contributed by atoms with E-state index in [1.54, 1.807) is 0 Å². The summed E-state index contributed by atoms with van der Waals surface area (Å²) in [6.07, 6.45) is 67.0. The molecule has 6 heteroatoms. The third-order valence-corrected chi connectivity index (χ3v) is 13.1. The lowest BCUT2D eigenvalue weighted by Crippen LogP contribution is -2.30. The van der Waals surface area contributed by atoms with E-state index in [2.05, 4.69) is 57.2 Å². The van der Waals surface area contributed by atoms with Crippen LogP contribution in [0.4, 0.5) is 0 Å². The fraction of sp³-hybridized carbons (Fsp3) is 0.852. The Balaban J connectivity index is 4.35. The average molecular weight is 942 g/mol. The first-order valence-electron chi connectivity index (χ1n) is 29.5. The molecule has 0 N–H and O–H groups in total. The molecule has 67 heavy (non-hydrogen) atoms. The van der Waals surface area contributed by atoms with E-state index in [-0.39, 0.29) is 31.1 Å². The van der Waals surface area contributed by atoms with E-state index >= 15 is 0 Å². The molecule has 0 aromatic carbocycles. The monoisotopic (exact) mass is 941 g/mol. The number of rotatable bonds is 54. The maximum atomic E-state index is 12.9. The molecule has 0 bridgehead atoms. The minimum atomic E-state index is -0.773. The highest BCUT2D eigenvalue weighted by Gasteiger charge is 2.19. The fourth-order valence-electron chi connectivity index (χ4n) is 8.69. The van der Waals surface area contributed by atoms with Gasteiger partial charge in [0.2, 0.25) is 0 Å². The Kier molecular flexibility index (Phi) is 54.2. The molecule has 0 saturated carbocycles. The van der Waals surface area contributed by atoms with E-state index < -0.39 is 6.10 Å². The second kappa shape index (κ2) is 56.2. The van der Waals surface area contributed by atoms with Crippen molar-refractivity contribution in [2.75, 3.05) is 13.2 Å². The van der Waals surface area contributed by atoms with Crippen molar-refractivity contribution in [3.05, 3.63) is 36.5 Å². The van der Waals surface area contributed by atoms with E-state index in [4.69, 9.17) is 14.2 Å². The third-order valence-electron chi connectivity index (χ3n) is 13.1. The van der Waals surface area contributed by atoms with Crippen LogP contribution in [-0.2, 0) is 28.6 Å². The van der Waals surface area contributed by atoms with Crippen molar-refractivity contribution in [3.63, 3.8) is 0 Å². The van der Waals surface area contributed by atoms with Crippen LogP contribution in [0.3, 0.4) is 0 Å². The summed E-state index contributed by atoms with van der Waals surface area (Å²) < 4.78 is 16.9. The van der Waals surface area contributed by atoms with Crippen LogP contribution in [0.2, 0.25) is 0 Å². The molecule has 0 fully saturated rings. The van der Waals surface area contributed by atoms with Gasteiger partial charge >= 0.3 is 17.9 Å². The van der Waals surface area contributed by atoms with Gasteiger partial charge in [-0.15, -0.1) is 0 Å². The maximum absolute atomic E-state index is 12.9. The highest BCUT2D eigenvalue weighted by Crippen LogP contribution is 2.17. The second-order valence-electron chi connectivity index (χ2n) is 19.9. The van der Waals surface area contributed by atoms with Gasteiger partial charge in [0.05, 0.1) is 0 Å². The van der Waals surface area contributed by atoms with E-state index in [0.29, 0.717) is 19.3 Å². The number of hydrogen-bond donors (Lipinski definition) is 0. The lowest BCUT2D eigenvalue weighted by atomic mass is 10.0. The quantitative estimate of drug-likeness (QED) is 0.0262. The van der Waals surface area contributed by atoms with Crippen molar-refractivity contribution in [3.8, 4) is 0 Å². The van der Waals surface area contributed by atoms with Gasteiger partial charge in [-0.2, -0.15) is 0 Å². The van der Waals surface area contributed by atoms with E-state index in [1.807, 2.05) is 0 Å². The van der Waals surface area contributed by atoms with Crippen LogP contribution in [-0.4, -0.2) is 37.2 Å². The number of carbonyl (C=O) groups is 3. The molecule has 0 unspecified atom stereocenters. The van der Waals surface area contributed by atoms with Gasteiger partial charge in [0.1, 0.15) is 13.2 Å². The summed E-state index contributed by atoms with van der Waals surface area (Å²) in [7, 11) is 0. The molecule has 0 aliphatic heterocycles. The average Bonchev–Trinajstić information content (AvgIpc) is 3.33. The van der Waals surface area contributed by atoms with Crippen LogP contribution in [0.1, 0.15) is 316 Å². The smallest absolute Gasteiger partial charge is 0.306 e. The molecular weight excluding hydrogens is 829 g/mol. The SMILES string of the molecule is CCCCC/C=C\C/C=C\C/C=C\CCCCCCCCC(=O)OC[C@@H](COC(=O)CCCCCCCCCCCCCCCCC)OC(=O)CCCCCCCCCCCCCCCCC. The lowest BCUT2D eigenvalue weighted by Gasteiger charge is -2.18. The van der Waals surface area contributed by atoms with Crippen LogP contribution in [0, 0.1) is 0 Å². The van der Waals surface area contributed by atoms with Crippen LogP contribution < -0.4 is 0 Å². The van der Waals surface area contributed by atoms with Gasteiger partial charge in [-0.3, -0.25) is 14.4 Å². The van der Waals surface area contributed by atoms with Crippen molar-refractivity contribution >= 4 is 17.9 Å². The molecule has 1 atom stereocenters. The highest BCUT2D eigenvalue weighted by atomic mass is 16.6. The van der Waals surface area contributed by atoms with Crippen molar-refractivity contribution < 1.29 is 28.6 Å². The summed E-state index contributed by atoms with van der Waals surface area (Å²) in [5.74, 6) is -0.864. The van der Waals surface area contributed by atoms with E-state index in [0.717, 1.165) is 77.0 Å². The summed E-state index contributed by atoms with van der Waals surface area (Å²) in [4.78, 5) is 38.2. The standard InChI is InChI=1S/C61H112O6/c1-4-7-10-13-16-19-22-25-28-29-30-31-34-36-39-42-45-48-51-54-60(63)66-57-58(67-61(64)55-52-49-46-43-40-37-33-27-24-21-18-15-12-9-6-3)56-65-59(62)53-50-47-44-41-38-35-32-26-23-20-17-14-11-8-5-2/h16,19,25,28,30-31,58H,4-15,17-18,20-24,26-27,29,32-57H2,1-3H3/b19-16-,28-25-,31-30-/t58-/m1/s1. The van der Waals surface area contributed by atoms with Gasteiger partial charge < -0.3 is 14.2 Å². The molecule has 0 heterocycles. The highest BCUT2D eigenvalue weighted by molar-refractivity contribution is 5.71. The summed E-state index contributed by atoms with van der Waals surface area (Å²) in [6.45, 7) is 6.65. The number of esters is 3. The number of unbranched alkanes of at least 4 members (excludes halogenated alkanes) is 37. The Labute approximate surface area is 416 Å². The fourth-order valence-corrected chi connectivity index (χ4v) is 8.69. The minimum Gasteiger partial charge on any atom is -0.462 e. The van der Waals surface area contributed by atoms with Crippen LogP contribution in [0.25, 0.3) is 0 Å². The number of hydrogen-bond acceptors (Lipinski definition) is 6. The molecule has 0 aliphatic rings. The van der Waals surface area contributed by atoms with Crippen LogP contribution in [0.5, 0.6) is 0 Å². The number of carbonyl (C=O) groups excluding carboxylic acids is 3. The van der Waals surface area contributed by atoms with E-state index in [1.165, 1.54) is 199 Å². The van der Waals surface area contributed by atoms with Crippen molar-refractivity contribution in [2.45, 2.75) is 322 Å². The molecule has 0 radical (unpaired) electrons. The Bertz CT molecular complexity index is 1130. The van der Waals surface area contributed by atoms with Gasteiger partial charge in [0, 0.05) is 19.3 Å². The van der Waals surface area contributed by atoms with E-state index in [9.17, 15) is 14.4 Å². The minimum absolute atomic E-state index is 0.0712. The van der Waals surface area contributed by atoms with Crippen molar-refractivity contribution in [2.24, 2.45) is 0 Å². The molecule has 0 amide bonds. The Morgan fingerprint density at radius 1 is 0.299 bits per heavy atom. The second-order valence-corrected chi connectivity index (χ2v) is 19.9. The summed E-state index contributed by atoms with van der Waals surface area (Å²) in [6, 6.07) is 0. The summed E-state index contributed by atoms with van der Waals surface area (Å²) in [5, 5.41) is 0. The predicted molar refractivity (Wildman–Crippen MR) is 289 cm³/mol. The first-order valence-corrected chi connectivity index (χ1v) is 29.5. The molecule has 0 spiro atoms. The first kappa shape index (κ1) is 64.6. The lowest BCUT2D eigenvalue weighted by molar-refractivity contribution is -0.167. The Morgan fingerprint density at radius 2 is 0.537 bits per heavy atom. The van der Waals surface area contributed by atoms with Crippen LogP contribution >= 0.6 is 0 Å². The van der Waals surface area contributed by atoms with Gasteiger partial charge in [0.25, 0.3) is 0 Å².